The molecule has 0 aliphatic carbocycles. The second-order valence-electron chi connectivity index (χ2n) is 10.6. The van der Waals surface area contributed by atoms with E-state index in [0.717, 1.165) is 36.2 Å². The summed E-state index contributed by atoms with van der Waals surface area (Å²) in [5.41, 5.74) is 2.18. The number of nitrogens with zero attached hydrogens (tertiary/aromatic N) is 4. The van der Waals surface area contributed by atoms with Crippen LogP contribution in [0.5, 0.6) is 0 Å². The minimum Gasteiger partial charge on any atom is -0.390 e. The predicted molar refractivity (Wildman–Crippen MR) is 139 cm³/mol. The predicted octanol–water partition coefficient (Wildman–Crippen LogP) is 4.41. The van der Waals surface area contributed by atoms with Crippen molar-refractivity contribution in [3.8, 4) is 0 Å². The number of pyridine rings is 1. The topological polar surface area (TPSA) is 92.4 Å². The lowest BCUT2D eigenvalue weighted by Gasteiger charge is -2.34. The third-order valence-electron chi connectivity index (χ3n) is 6.60. The molecule has 3 heterocycles. The molecule has 2 N–H and O–H groups in total. The van der Waals surface area contributed by atoms with Crippen molar-refractivity contribution in [3.05, 3.63) is 51.7 Å². The van der Waals surface area contributed by atoms with Crippen LogP contribution in [0.15, 0.2) is 35.3 Å². The fraction of sp³-hybridized carbons (Fsp3) is 0.500. The summed E-state index contributed by atoms with van der Waals surface area (Å²) in [6.45, 7) is 9.63. The number of aromatic nitrogens is 3. The van der Waals surface area contributed by atoms with Crippen molar-refractivity contribution in [1.29, 1.82) is 0 Å². The van der Waals surface area contributed by atoms with Gasteiger partial charge in [-0.15, -0.1) is 0 Å². The molecule has 1 amide bonds. The maximum absolute atomic E-state index is 13.2. The highest BCUT2D eigenvalue weighted by atomic mass is 35.5. The van der Waals surface area contributed by atoms with Gasteiger partial charge in [-0.05, 0) is 62.8 Å². The number of likely N-dealkylation sites (tertiary alicyclic amines) is 1. The van der Waals surface area contributed by atoms with E-state index in [-0.39, 0.29) is 11.6 Å². The van der Waals surface area contributed by atoms with Gasteiger partial charge < -0.3 is 15.3 Å². The van der Waals surface area contributed by atoms with E-state index in [1.807, 2.05) is 23.1 Å². The minimum absolute atomic E-state index is 0.0953. The number of aliphatic hydroxyl groups is 1. The van der Waals surface area contributed by atoms with E-state index in [0.29, 0.717) is 41.2 Å². The lowest BCUT2D eigenvalue weighted by atomic mass is 9.92. The molecule has 1 aliphatic rings. The number of nitrogens with one attached hydrogen (secondary N) is 1. The monoisotopic (exact) mass is 499 g/mol. The van der Waals surface area contributed by atoms with Crippen molar-refractivity contribution < 1.29 is 9.90 Å². The molecule has 35 heavy (non-hydrogen) atoms. The average molecular weight is 500 g/mol. The lowest BCUT2D eigenvalue weighted by molar-refractivity contribution is 0.0616. The van der Waals surface area contributed by atoms with Gasteiger partial charge in [0.15, 0.2) is 0 Å². The fourth-order valence-electron chi connectivity index (χ4n) is 4.89. The molecule has 3 aromatic rings. The maximum Gasteiger partial charge on any atom is 0.328 e. The van der Waals surface area contributed by atoms with Crippen molar-refractivity contribution in [3.63, 3.8) is 0 Å². The average Bonchev–Trinajstić information content (AvgIpc) is 3.01. The third kappa shape index (κ3) is 5.54. The van der Waals surface area contributed by atoms with Gasteiger partial charge in [0.2, 0.25) is 0 Å². The molecule has 0 spiro atoms. The molecule has 4 rings (SSSR count). The van der Waals surface area contributed by atoms with Crippen LogP contribution < -0.4 is 11.0 Å². The first-order chi connectivity index (χ1) is 16.4. The quantitative estimate of drug-likeness (QED) is 0.524. The molecule has 0 bridgehead atoms. The van der Waals surface area contributed by atoms with Gasteiger partial charge in [-0.25, -0.2) is 9.78 Å². The first kappa shape index (κ1) is 25.3. The Kier molecular flexibility index (Phi) is 6.97. The highest BCUT2D eigenvalue weighted by Gasteiger charge is 2.27. The molecule has 1 fully saturated rings. The van der Waals surface area contributed by atoms with Gasteiger partial charge in [-0.3, -0.25) is 13.9 Å². The number of anilines is 2. The number of carbonyl (C=O) groups excluding carboxylic acids is 1. The van der Waals surface area contributed by atoms with Crippen LogP contribution in [0.4, 0.5) is 11.4 Å². The zero-order chi connectivity index (χ0) is 25.5. The van der Waals surface area contributed by atoms with Gasteiger partial charge in [0, 0.05) is 38.6 Å². The van der Waals surface area contributed by atoms with Crippen LogP contribution in [0.2, 0.25) is 5.02 Å². The Labute approximate surface area is 210 Å². The van der Waals surface area contributed by atoms with E-state index in [1.54, 1.807) is 36.1 Å². The van der Waals surface area contributed by atoms with Crippen LogP contribution >= 0.6 is 11.6 Å². The number of carbonyl (C=O) groups is 1. The molecule has 188 valence electrons. The summed E-state index contributed by atoms with van der Waals surface area (Å²) in [6, 6.07) is 7.31. The highest BCUT2D eigenvalue weighted by Crippen LogP contribution is 2.29. The van der Waals surface area contributed by atoms with E-state index < -0.39 is 5.60 Å². The molecule has 0 unspecified atom stereocenters. The zero-order valence-corrected chi connectivity index (χ0v) is 21.8. The molecule has 1 saturated heterocycles. The summed E-state index contributed by atoms with van der Waals surface area (Å²) in [6.07, 6.45) is 3.06. The molecular weight excluding hydrogens is 466 g/mol. The number of imidazole rings is 1. The molecule has 8 nitrogen and oxygen atoms in total. The Hall–Kier alpha value is -2.84. The standard InChI is InChI=1S/C26H34ClN5O3/c1-16-10-17(2)15-31(14-16)24(33)21-12-20(19(27)13-28-21)29-18-6-7-22-23(11-18)32(25(34)30(22)5)9-8-26(3,4)35/h6-7,11-13,16-17,35H,8-10,14-15H2,1-5H3,(H,28,29)/t16-,17+. The SMILES string of the molecule is C[C@@H]1C[C@H](C)CN(C(=O)c2cc(Nc3ccc4c(c3)n(CCC(C)(C)O)c(=O)n4C)c(Cl)cn2)C1. The van der Waals surface area contributed by atoms with Gasteiger partial charge >= 0.3 is 5.69 Å². The minimum atomic E-state index is -0.880. The second kappa shape index (κ2) is 9.66. The summed E-state index contributed by atoms with van der Waals surface area (Å²) in [5.74, 6) is 0.820. The Morgan fingerprint density at radius 3 is 2.54 bits per heavy atom. The van der Waals surface area contributed by atoms with E-state index in [1.165, 1.54) is 6.20 Å². The Bertz CT molecular complexity index is 1300. The van der Waals surface area contributed by atoms with Crippen LogP contribution in [0.25, 0.3) is 11.0 Å². The number of hydrogen-bond acceptors (Lipinski definition) is 5. The molecule has 9 heteroatoms. The number of fused-ring (bicyclic) bond motifs is 1. The summed E-state index contributed by atoms with van der Waals surface area (Å²) < 4.78 is 3.26. The van der Waals surface area contributed by atoms with Gasteiger partial charge in [0.1, 0.15) is 5.69 Å². The van der Waals surface area contributed by atoms with Crippen molar-refractivity contribution in [2.24, 2.45) is 18.9 Å². The number of piperidine rings is 1. The van der Waals surface area contributed by atoms with Gasteiger partial charge in [0.25, 0.3) is 5.91 Å². The van der Waals surface area contributed by atoms with E-state index in [4.69, 9.17) is 11.6 Å². The maximum atomic E-state index is 13.2. The number of hydrogen-bond donors (Lipinski definition) is 2. The van der Waals surface area contributed by atoms with Crippen LogP contribution in [-0.2, 0) is 13.6 Å². The molecule has 0 radical (unpaired) electrons. The number of aryl methyl sites for hydroxylation is 2. The molecular formula is C26H34ClN5O3. The van der Waals surface area contributed by atoms with Crippen LogP contribution in [0, 0.1) is 11.8 Å². The lowest BCUT2D eigenvalue weighted by Crippen LogP contribution is -2.42. The largest absolute Gasteiger partial charge is 0.390 e. The zero-order valence-electron chi connectivity index (χ0n) is 21.0. The van der Waals surface area contributed by atoms with Gasteiger partial charge in [0.05, 0.1) is 27.3 Å². The number of amides is 1. The summed E-state index contributed by atoms with van der Waals surface area (Å²) >= 11 is 6.42. The smallest absolute Gasteiger partial charge is 0.328 e. The van der Waals surface area contributed by atoms with E-state index in [2.05, 4.69) is 24.1 Å². The fourth-order valence-corrected chi connectivity index (χ4v) is 5.04. The number of rotatable bonds is 6. The summed E-state index contributed by atoms with van der Waals surface area (Å²) in [4.78, 5) is 32.1. The molecule has 1 aromatic carbocycles. The summed E-state index contributed by atoms with van der Waals surface area (Å²) in [5, 5.41) is 13.8. The van der Waals surface area contributed by atoms with Crippen molar-refractivity contribution in [2.75, 3.05) is 18.4 Å². The molecule has 2 aromatic heterocycles. The molecule has 0 saturated carbocycles. The van der Waals surface area contributed by atoms with Gasteiger partial charge in [-0.2, -0.15) is 0 Å². The molecule has 1 aliphatic heterocycles. The van der Waals surface area contributed by atoms with E-state index >= 15 is 0 Å². The molecule has 2 atom stereocenters. The Morgan fingerprint density at radius 2 is 1.89 bits per heavy atom. The Balaban J connectivity index is 1.62. The second-order valence-corrected chi connectivity index (χ2v) is 11.0. The van der Waals surface area contributed by atoms with Gasteiger partial charge in [-0.1, -0.05) is 25.4 Å². The Morgan fingerprint density at radius 1 is 1.20 bits per heavy atom. The third-order valence-corrected chi connectivity index (χ3v) is 6.90. The van der Waals surface area contributed by atoms with E-state index in [9.17, 15) is 14.7 Å². The first-order valence-corrected chi connectivity index (χ1v) is 12.4. The van der Waals surface area contributed by atoms with Crippen molar-refractivity contribution >= 4 is 39.9 Å². The highest BCUT2D eigenvalue weighted by molar-refractivity contribution is 6.33. The van der Waals surface area contributed by atoms with Crippen LogP contribution in [-0.4, -0.2) is 48.7 Å². The van der Waals surface area contributed by atoms with Crippen LogP contribution in [0.3, 0.4) is 0 Å². The van der Waals surface area contributed by atoms with Crippen LogP contribution in [0.1, 0.15) is 51.0 Å². The first-order valence-electron chi connectivity index (χ1n) is 12.1. The number of benzene rings is 1. The van der Waals surface area contributed by atoms with Crippen molar-refractivity contribution in [1.82, 2.24) is 19.0 Å². The normalized spacial score (nSPS) is 18.8. The number of halogens is 1. The van der Waals surface area contributed by atoms with Crippen molar-refractivity contribution in [2.45, 2.75) is 52.7 Å². The summed E-state index contributed by atoms with van der Waals surface area (Å²) in [7, 11) is 1.73.